The number of nitrogens with zero attached hydrogens (tertiary/aromatic N) is 2. The number of rotatable bonds is 5. The van der Waals surface area contributed by atoms with Gasteiger partial charge in [-0.05, 0) is 6.92 Å². The van der Waals surface area contributed by atoms with E-state index in [1.54, 1.807) is 0 Å². The molecule has 0 unspecified atom stereocenters. The molecule has 4 N–H and O–H groups in total. The number of aryl methyl sites for hydroxylation is 1. The van der Waals surface area contributed by atoms with E-state index in [-0.39, 0.29) is 12.5 Å². The van der Waals surface area contributed by atoms with Crippen LogP contribution in [0, 0.1) is 6.92 Å². The number of hydrazine groups is 1. The van der Waals surface area contributed by atoms with Gasteiger partial charge in [0.25, 0.3) is 0 Å². The van der Waals surface area contributed by atoms with Crippen molar-refractivity contribution in [2.75, 3.05) is 24.4 Å². The Morgan fingerprint density at radius 2 is 2.06 bits per heavy atom. The van der Waals surface area contributed by atoms with E-state index in [2.05, 4.69) is 25.4 Å². The summed E-state index contributed by atoms with van der Waals surface area (Å²) < 4.78 is 4.54. The van der Waals surface area contributed by atoms with Crippen LogP contribution in [0.2, 0.25) is 0 Å². The topological polar surface area (TPSA) is 102 Å². The highest BCUT2D eigenvalue weighted by Crippen LogP contribution is 2.19. The summed E-state index contributed by atoms with van der Waals surface area (Å²) in [5, 5.41) is 2.89. The molecule has 1 heterocycles. The quantitative estimate of drug-likeness (QED) is 0.383. The van der Waals surface area contributed by atoms with Crippen LogP contribution in [-0.2, 0) is 16.0 Å². The fourth-order valence-electron chi connectivity index (χ4n) is 1.26. The predicted octanol–water partition coefficient (Wildman–Crippen LogP) is 0.218. The van der Waals surface area contributed by atoms with Gasteiger partial charge in [-0.15, -0.1) is 0 Å². The van der Waals surface area contributed by atoms with Crippen LogP contribution in [0.15, 0.2) is 0 Å². The average molecular weight is 239 g/mol. The molecule has 0 aromatic carbocycles. The highest BCUT2D eigenvalue weighted by atomic mass is 16.5. The van der Waals surface area contributed by atoms with Crippen molar-refractivity contribution in [1.29, 1.82) is 0 Å². The number of anilines is 2. The summed E-state index contributed by atoms with van der Waals surface area (Å²) in [6, 6.07) is 0. The Labute approximate surface area is 99.7 Å². The molecule has 0 aliphatic heterocycles. The van der Waals surface area contributed by atoms with E-state index >= 15 is 0 Å². The lowest BCUT2D eigenvalue weighted by molar-refractivity contribution is -0.138. The van der Waals surface area contributed by atoms with Gasteiger partial charge in [0.15, 0.2) is 0 Å². The molecule has 7 nitrogen and oxygen atoms in total. The zero-order valence-corrected chi connectivity index (χ0v) is 10.2. The minimum atomic E-state index is -0.358. The molecule has 0 aliphatic rings. The zero-order valence-electron chi connectivity index (χ0n) is 10.2. The number of nitrogens with two attached hydrogens (primary N) is 1. The lowest BCUT2D eigenvalue weighted by atomic mass is 10.3. The maximum atomic E-state index is 11.0. The highest BCUT2D eigenvalue weighted by Gasteiger charge is 2.10. The number of ether oxygens (including phenoxy) is 1. The van der Waals surface area contributed by atoms with Gasteiger partial charge in [0.1, 0.15) is 24.0 Å². The zero-order chi connectivity index (χ0) is 12.8. The van der Waals surface area contributed by atoms with Crippen molar-refractivity contribution in [2.45, 2.75) is 20.3 Å². The third-order valence-corrected chi connectivity index (χ3v) is 2.27. The average Bonchev–Trinajstić information content (AvgIpc) is 2.37. The largest absolute Gasteiger partial charge is 0.468 e. The normalized spacial score (nSPS) is 9.88. The van der Waals surface area contributed by atoms with Crippen LogP contribution < -0.4 is 16.6 Å². The maximum Gasteiger partial charge on any atom is 0.325 e. The van der Waals surface area contributed by atoms with Gasteiger partial charge in [-0.2, -0.15) is 0 Å². The second kappa shape index (κ2) is 6.00. The van der Waals surface area contributed by atoms with Gasteiger partial charge >= 0.3 is 5.97 Å². The van der Waals surface area contributed by atoms with Crippen molar-refractivity contribution in [1.82, 2.24) is 9.97 Å². The number of carbonyl (C=O) groups excluding carboxylic acids is 1. The van der Waals surface area contributed by atoms with Gasteiger partial charge in [-0.25, -0.2) is 15.8 Å². The number of methoxy groups -OCH3 is 1. The summed E-state index contributed by atoms with van der Waals surface area (Å²) in [5.41, 5.74) is 3.26. The molecule has 7 heteroatoms. The van der Waals surface area contributed by atoms with Gasteiger partial charge in [-0.1, -0.05) is 6.92 Å². The van der Waals surface area contributed by atoms with Crippen molar-refractivity contribution >= 4 is 17.6 Å². The second-order valence-electron chi connectivity index (χ2n) is 3.39. The fourth-order valence-corrected chi connectivity index (χ4v) is 1.26. The molecule has 0 saturated carbocycles. The van der Waals surface area contributed by atoms with Crippen LogP contribution in [0.25, 0.3) is 0 Å². The lowest BCUT2D eigenvalue weighted by Gasteiger charge is -2.12. The monoisotopic (exact) mass is 239 g/mol. The van der Waals surface area contributed by atoms with E-state index < -0.39 is 0 Å². The van der Waals surface area contributed by atoms with Crippen molar-refractivity contribution < 1.29 is 9.53 Å². The molecule has 0 amide bonds. The number of aromatic nitrogens is 2. The number of nitrogens with one attached hydrogen (secondary N) is 2. The van der Waals surface area contributed by atoms with Crippen LogP contribution in [0.5, 0.6) is 0 Å². The molecule has 17 heavy (non-hydrogen) atoms. The summed E-state index contributed by atoms with van der Waals surface area (Å²) in [5.74, 6) is 6.78. The minimum Gasteiger partial charge on any atom is -0.468 e. The van der Waals surface area contributed by atoms with E-state index in [1.807, 2.05) is 13.8 Å². The van der Waals surface area contributed by atoms with Crippen LogP contribution in [-0.4, -0.2) is 29.6 Å². The first kappa shape index (κ1) is 13.2. The summed E-state index contributed by atoms with van der Waals surface area (Å²) in [7, 11) is 1.33. The first-order valence-electron chi connectivity index (χ1n) is 5.27. The Bertz CT molecular complexity index is 408. The molecule has 0 spiro atoms. The molecule has 1 aromatic rings. The maximum absolute atomic E-state index is 11.0. The van der Waals surface area contributed by atoms with Crippen molar-refractivity contribution in [3.63, 3.8) is 0 Å². The number of carbonyl (C=O) groups is 1. The Morgan fingerprint density at radius 1 is 1.41 bits per heavy atom. The molecule has 0 bridgehead atoms. The SMILES string of the molecule is CCc1nc(NN)c(C)c(NCC(=O)OC)n1. The molecule has 1 aromatic heterocycles. The van der Waals surface area contributed by atoms with E-state index in [4.69, 9.17) is 5.84 Å². The van der Waals surface area contributed by atoms with E-state index in [0.717, 1.165) is 5.56 Å². The van der Waals surface area contributed by atoms with Crippen LogP contribution in [0.4, 0.5) is 11.6 Å². The first-order chi connectivity index (χ1) is 8.12. The van der Waals surface area contributed by atoms with Crippen molar-refractivity contribution in [2.24, 2.45) is 5.84 Å². The summed E-state index contributed by atoms with van der Waals surface area (Å²) in [6.45, 7) is 3.81. The molecule has 0 radical (unpaired) electrons. The van der Waals surface area contributed by atoms with E-state index in [1.165, 1.54) is 7.11 Å². The Balaban J connectivity index is 2.93. The Morgan fingerprint density at radius 3 is 2.59 bits per heavy atom. The number of esters is 1. The molecular formula is C10H17N5O2. The molecule has 0 aliphatic carbocycles. The highest BCUT2D eigenvalue weighted by molar-refractivity contribution is 5.75. The number of hydrogen-bond donors (Lipinski definition) is 3. The summed E-state index contributed by atoms with van der Waals surface area (Å²) in [4.78, 5) is 19.5. The van der Waals surface area contributed by atoms with Gasteiger partial charge in [0.2, 0.25) is 0 Å². The van der Waals surface area contributed by atoms with E-state index in [0.29, 0.717) is 23.9 Å². The summed E-state index contributed by atoms with van der Waals surface area (Å²) >= 11 is 0. The van der Waals surface area contributed by atoms with Crippen LogP contribution in [0.1, 0.15) is 18.3 Å². The number of hydrogen-bond acceptors (Lipinski definition) is 7. The third-order valence-electron chi connectivity index (χ3n) is 2.27. The molecule has 94 valence electrons. The first-order valence-corrected chi connectivity index (χ1v) is 5.27. The number of nitrogen functional groups attached to an aromatic ring is 1. The van der Waals surface area contributed by atoms with Crippen molar-refractivity contribution in [3.05, 3.63) is 11.4 Å². The second-order valence-corrected chi connectivity index (χ2v) is 3.39. The Kier molecular flexibility index (Phi) is 4.65. The molecule has 0 fully saturated rings. The predicted molar refractivity (Wildman–Crippen MR) is 64.5 cm³/mol. The van der Waals surface area contributed by atoms with Gasteiger partial charge in [0.05, 0.1) is 7.11 Å². The van der Waals surface area contributed by atoms with Crippen LogP contribution >= 0.6 is 0 Å². The van der Waals surface area contributed by atoms with Gasteiger partial charge in [0, 0.05) is 12.0 Å². The Hall–Kier alpha value is -1.89. The van der Waals surface area contributed by atoms with E-state index in [9.17, 15) is 4.79 Å². The molecule has 1 rings (SSSR count). The van der Waals surface area contributed by atoms with Crippen LogP contribution in [0.3, 0.4) is 0 Å². The smallest absolute Gasteiger partial charge is 0.325 e. The van der Waals surface area contributed by atoms with Crippen molar-refractivity contribution in [3.8, 4) is 0 Å². The molecule has 0 atom stereocenters. The lowest BCUT2D eigenvalue weighted by Crippen LogP contribution is -2.19. The van der Waals surface area contributed by atoms with Gasteiger partial charge in [-0.3, -0.25) is 4.79 Å². The minimum absolute atomic E-state index is 0.0571. The summed E-state index contributed by atoms with van der Waals surface area (Å²) in [6.07, 6.45) is 0.682. The standard InChI is InChI=1S/C10H17N5O2/c1-4-7-13-9(12-5-8(16)17-3)6(2)10(14-7)15-11/h4-5,11H2,1-3H3,(H2,12,13,14,15). The molecular weight excluding hydrogens is 222 g/mol. The molecule has 0 saturated heterocycles. The van der Waals surface area contributed by atoms with Gasteiger partial charge < -0.3 is 15.5 Å². The third kappa shape index (κ3) is 3.28. The fraction of sp³-hybridized carbons (Fsp3) is 0.500.